The van der Waals surface area contributed by atoms with Gasteiger partial charge in [-0.1, -0.05) is 19.3 Å². The largest absolute Gasteiger partial charge is 0.461 e. The Morgan fingerprint density at radius 2 is 1.74 bits per heavy atom. The molecule has 0 unspecified atom stereocenters. The number of hydrogen-bond acceptors (Lipinski definition) is 6. The quantitative estimate of drug-likeness (QED) is 0.852. The Kier molecular flexibility index (Phi) is 4.76. The van der Waals surface area contributed by atoms with Crippen molar-refractivity contribution in [3.8, 4) is 6.01 Å². The fraction of sp³-hybridized carbons (Fsp3) is 0.769. The summed E-state index contributed by atoms with van der Waals surface area (Å²) in [5.74, 6) is 1.13. The van der Waals surface area contributed by atoms with Crippen LogP contribution in [0.1, 0.15) is 46.0 Å². The smallest absolute Gasteiger partial charge is 0.323 e. The first kappa shape index (κ1) is 13.8. The Morgan fingerprint density at radius 3 is 2.37 bits per heavy atom. The predicted molar refractivity (Wildman–Crippen MR) is 75.6 cm³/mol. The highest BCUT2D eigenvalue weighted by Crippen LogP contribution is 2.21. The van der Waals surface area contributed by atoms with Gasteiger partial charge in [-0.3, -0.25) is 0 Å². The van der Waals surface area contributed by atoms with Crippen molar-refractivity contribution in [2.75, 3.05) is 17.7 Å². The van der Waals surface area contributed by atoms with Gasteiger partial charge >= 0.3 is 6.01 Å². The Labute approximate surface area is 114 Å². The fourth-order valence-electron chi connectivity index (χ4n) is 2.23. The van der Waals surface area contributed by atoms with E-state index >= 15 is 0 Å². The molecule has 1 aromatic rings. The first-order chi connectivity index (χ1) is 9.17. The standard InChI is InChI=1S/C13H23N5O/c1-9(2)19-13-17-11(14-3)16-12(18-13)15-10-7-5-4-6-8-10/h9-10H,4-8H2,1-3H3,(H2,14,15,16,17,18). The molecule has 106 valence electrons. The maximum atomic E-state index is 5.54. The molecule has 0 spiro atoms. The number of rotatable bonds is 5. The maximum absolute atomic E-state index is 5.54. The summed E-state index contributed by atoms with van der Waals surface area (Å²) < 4.78 is 5.54. The van der Waals surface area contributed by atoms with Gasteiger partial charge in [-0.2, -0.15) is 15.0 Å². The second-order valence-electron chi connectivity index (χ2n) is 5.16. The maximum Gasteiger partial charge on any atom is 0.323 e. The molecule has 6 heteroatoms. The fourth-order valence-corrected chi connectivity index (χ4v) is 2.23. The minimum atomic E-state index is 0.0506. The van der Waals surface area contributed by atoms with Crippen LogP contribution in [0.25, 0.3) is 0 Å². The van der Waals surface area contributed by atoms with E-state index < -0.39 is 0 Å². The third-order valence-corrected chi connectivity index (χ3v) is 3.12. The van der Waals surface area contributed by atoms with Gasteiger partial charge in [0, 0.05) is 13.1 Å². The van der Waals surface area contributed by atoms with Crippen LogP contribution in [0.3, 0.4) is 0 Å². The highest BCUT2D eigenvalue weighted by atomic mass is 16.5. The molecule has 0 aromatic carbocycles. The molecule has 0 saturated heterocycles. The third kappa shape index (κ3) is 4.22. The van der Waals surface area contributed by atoms with E-state index in [1.807, 2.05) is 13.8 Å². The number of nitrogens with zero attached hydrogens (tertiary/aromatic N) is 3. The van der Waals surface area contributed by atoms with Gasteiger partial charge in [0.05, 0.1) is 6.10 Å². The van der Waals surface area contributed by atoms with Gasteiger partial charge in [0.1, 0.15) is 0 Å². The number of nitrogens with one attached hydrogen (secondary N) is 2. The van der Waals surface area contributed by atoms with Gasteiger partial charge in [-0.25, -0.2) is 0 Å². The molecule has 0 atom stereocenters. The Balaban J connectivity index is 2.09. The lowest BCUT2D eigenvalue weighted by Crippen LogP contribution is -2.24. The van der Waals surface area contributed by atoms with Crippen LogP contribution >= 0.6 is 0 Å². The van der Waals surface area contributed by atoms with E-state index in [2.05, 4.69) is 25.6 Å². The summed E-state index contributed by atoms with van der Waals surface area (Å²) in [5.41, 5.74) is 0. The Morgan fingerprint density at radius 1 is 1.05 bits per heavy atom. The predicted octanol–water partition coefficient (Wildman–Crippen LogP) is 2.45. The monoisotopic (exact) mass is 265 g/mol. The molecule has 0 amide bonds. The molecule has 0 bridgehead atoms. The van der Waals surface area contributed by atoms with Crippen molar-refractivity contribution < 1.29 is 4.74 Å². The molecule has 1 aliphatic carbocycles. The topological polar surface area (TPSA) is 72.0 Å². The molecule has 1 saturated carbocycles. The van der Waals surface area contributed by atoms with Crippen LogP contribution in [-0.2, 0) is 0 Å². The lowest BCUT2D eigenvalue weighted by Gasteiger charge is -2.23. The van der Waals surface area contributed by atoms with Crippen LogP contribution in [0, 0.1) is 0 Å². The summed E-state index contributed by atoms with van der Waals surface area (Å²) in [6.07, 6.45) is 6.30. The van der Waals surface area contributed by atoms with E-state index in [-0.39, 0.29) is 6.10 Å². The highest BCUT2D eigenvalue weighted by Gasteiger charge is 2.16. The van der Waals surface area contributed by atoms with Crippen molar-refractivity contribution in [3.63, 3.8) is 0 Å². The van der Waals surface area contributed by atoms with E-state index in [4.69, 9.17) is 4.74 Å². The molecule has 1 fully saturated rings. The SMILES string of the molecule is CNc1nc(NC2CCCCC2)nc(OC(C)C)n1. The zero-order valence-electron chi connectivity index (χ0n) is 11.9. The molecule has 2 rings (SSSR count). The second kappa shape index (κ2) is 6.54. The molecule has 1 aromatic heterocycles. The first-order valence-corrected chi connectivity index (χ1v) is 7.04. The van der Waals surface area contributed by atoms with Crippen molar-refractivity contribution in [2.24, 2.45) is 0 Å². The van der Waals surface area contributed by atoms with E-state index in [9.17, 15) is 0 Å². The molecule has 0 aliphatic heterocycles. The number of anilines is 2. The van der Waals surface area contributed by atoms with Gasteiger partial charge in [0.25, 0.3) is 0 Å². The highest BCUT2D eigenvalue weighted by molar-refractivity contribution is 5.36. The Bertz CT molecular complexity index is 404. The minimum absolute atomic E-state index is 0.0506. The average Bonchev–Trinajstić information content (AvgIpc) is 2.38. The zero-order chi connectivity index (χ0) is 13.7. The molecule has 2 N–H and O–H groups in total. The van der Waals surface area contributed by atoms with Crippen LogP contribution in [0.2, 0.25) is 0 Å². The number of aromatic nitrogens is 3. The molecular weight excluding hydrogens is 242 g/mol. The van der Waals surface area contributed by atoms with Gasteiger partial charge in [0.2, 0.25) is 11.9 Å². The van der Waals surface area contributed by atoms with Crippen LogP contribution < -0.4 is 15.4 Å². The summed E-state index contributed by atoms with van der Waals surface area (Å²) >= 11 is 0. The van der Waals surface area contributed by atoms with Crippen molar-refractivity contribution in [3.05, 3.63) is 0 Å². The number of hydrogen-bond donors (Lipinski definition) is 2. The van der Waals surface area contributed by atoms with E-state index in [1.165, 1.54) is 32.1 Å². The molecular formula is C13H23N5O. The van der Waals surface area contributed by atoms with Gasteiger partial charge in [-0.15, -0.1) is 0 Å². The average molecular weight is 265 g/mol. The lowest BCUT2D eigenvalue weighted by molar-refractivity contribution is 0.222. The zero-order valence-corrected chi connectivity index (χ0v) is 11.9. The molecule has 1 aliphatic rings. The van der Waals surface area contributed by atoms with Crippen molar-refractivity contribution in [2.45, 2.75) is 58.1 Å². The van der Waals surface area contributed by atoms with Crippen LogP contribution in [0.5, 0.6) is 6.01 Å². The van der Waals surface area contributed by atoms with Gasteiger partial charge in [0.15, 0.2) is 0 Å². The van der Waals surface area contributed by atoms with E-state index in [0.29, 0.717) is 23.9 Å². The normalized spacial score (nSPS) is 16.4. The lowest BCUT2D eigenvalue weighted by atomic mass is 9.96. The van der Waals surface area contributed by atoms with Crippen molar-refractivity contribution >= 4 is 11.9 Å². The molecule has 6 nitrogen and oxygen atoms in total. The first-order valence-electron chi connectivity index (χ1n) is 7.04. The molecule has 19 heavy (non-hydrogen) atoms. The minimum Gasteiger partial charge on any atom is -0.461 e. The van der Waals surface area contributed by atoms with Crippen molar-refractivity contribution in [1.82, 2.24) is 15.0 Å². The summed E-state index contributed by atoms with van der Waals surface area (Å²) in [6, 6.07) is 0.834. The Hall–Kier alpha value is -1.59. The summed E-state index contributed by atoms with van der Waals surface area (Å²) in [4.78, 5) is 12.8. The molecule has 1 heterocycles. The van der Waals surface area contributed by atoms with E-state index in [1.54, 1.807) is 7.05 Å². The number of ether oxygens (including phenoxy) is 1. The van der Waals surface area contributed by atoms with Crippen LogP contribution in [-0.4, -0.2) is 34.1 Å². The summed E-state index contributed by atoms with van der Waals surface area (Å²) in [5, 5.41) is 6.32. The third-order valence-electron chi connectivity index (χ3n) is 3.12. The van der Waals surface area contributed by atoms with Crippen molar-refractivity contribution in [1.29, 1.82) is 0 Å². The van der Waals surface area contributed by atoms with Crippen LogP contribution in [0.15, 0.2) is 0 Å². The second-order valence-corrected chi connectivity index (χ2v) is 5.16. The van der Waals surface area contributed by atoms with E-state index in [0.717, 1.165) is 0 Å². The summed E-state index contributed by atoms with van der Waals surface area (Å²) in [6.45, 7) is 3.91. The van der Waals surface area contributed by atoms with Gasteiger partial charge < -0.3 is 15.4 Å². The molecule has 0 radical (unpaired) electrons. The van der Waals surface area contributed by atoms with Gasteiger partial charge in [-0.05, 0) is 26.7 Å². The van der Waals surface area contributed by atoms with Crippen LogP contribution in [0.4, 0.5) is 11.9 Å². The summed E-state index contributed by atoms with van der Waals surface area (Å²) in [7, 11) is 1.79.